The number of aryl methyl sites for hydroxylation is 1. The fraction of sp³-hybridized carbons (Fsp3) is 0.286. The predicted octanol–water partition coefficient (Wildman–Crippen LogP) is 3.24. The molecule has 100 valence electrons. The van der Waals surface area contributed by atoms with Gasteiger partial charge in [0.25, 0.3) is 0 Å². The first-order valence-corrected chi connectivity index (χ1v) is 6.37. The van der Waals surface area contributed by atoms with Crippen LogP contribution in [-0.4, -0.2) is 23.6 Å². The highest BCUT2D eigenvalue weighted by Gasteiger charge is 2.11. The van der Waals surface area contributed by atoms with E-state index in [9.17, 15) is 0 Å². The Morgan fingerprint density at radius 1 is 1.32 bits per heavy atom. The van der Waals surface area contributed by atoms with Crippen LogP contribution in [0.2, 0.25) is 5.02 Å². The number of aromatic nitrogens is 2. The van der Waals surface area contributed by atoms with Crippen LogP contribution in [0, 0.1) is 6.92 Å². The van der Waals surface area contributed by atoms with Gasteiger partial charge in [-0.2, -0.15) is 0 Å². The van der Waals surface area contributed by atoms with E-state index < -0.39 is 0 Å². The van der Waals surface area contributed by atoms with Crippen molar-refractivity contribution in [2.45, 2.75) is 13.0 Å². The molecule has 19 heavy (non-hydrogen) atoms. The highest BCUT2D eigenvalue weighted by atomic mass is 35.5. The molecule has 1 N–H and O–H groups in total. The highest BCUT2D eigenvalue weighted by molar-refractivity contribution is 6.30. The zero-order valence-corrected chi connectivity index (χ0v) is 11.7. The largest absolute Gasteiger partial charge is 0.375 e. The second kappa shape index (κ2) is 6.50. The molecule has 1 aromatic carbocycles. The number of anilines is 1. The molecule has 0 aliphatic carbocycles. The van der Waals surface area contributed by atoms with Crippen LogP contribution < -0.4 is 5.32 Å². The SMILES string of the molecule is COC(CNc1ncc(C)cn1)c1cccc(Cl)c1. The molecule has 0 spiro atoms. The van der Waals surface area contributed by atoms with E-state index in [4.69, 9.17) is 16.3 Å². The lowest BCUT2D eigenvalue weighted by molar-refractivity contribution is 0.114. The van der Waals surface area contributed by atoms with Gasteiger partial charge in [-0.25, -0.2) is 9.97 Å². The molecule has 0 saturated heterocycles. The van der Waals surface area contributed by atoms with Gasteiger partial charge in [0.05, 0.1) is 6.10 Å². The fourth-order valence-electron chi connectivity index (χ4n) is 1.71. The van der Waals surface area contributed by atoms with Crippen LogP contribution in [0.5, 0.6) is 0 Å². The van der Waals surface area contributed by atoms with E-state index >= 15 is 0 Å². The summed E-state index contributed by atoms with van der Waals surface area (Å²) in [4.78, 5) is 8.38. The van der Waals surface area contributed by atoms with E-state index in [-0.39, 0.29) is 6.10 Å². The van der Waals surface area contributed by atoms with Crippen molar-refractivity contribution in [3.8, 4) is 0 Å². The smallest absolute Gasteiger partial charge is 0.222 e. The Labute approximate surface area is 117 Å². The molecule has 1 heterocycles. The Hall–Kier alpha value is -1.65. The molecule has 0 fully saturated rings. The number of methoxy groups -OCH3 is 1. The van der Waals surface area contributed by atoms with Crippen molar-refractivity contribution < 1.29 is 4.74 Å². The first-order chi connectivity index (χ1) is 9.19. The summed E-state index contributed by atoms with van der Waals surface area (Å²) in [6.07, 6.45) is 3.45. The Morgan fingerprint density at radius 3 is 2.68 bits per heavy atom. The van der Waals surface area contributed by atoms with Crippen LogP contribution in [0.4, 0.5) is 5.95 Å². The average molecular weight is 278 g/mol. The summed E-state index contributed by atoms with van der Waals surface area (Å²) in [5, 5.41) is 3.85. The van der Waals surface area contributed by atoms with Crippen LogP contribution in [0.15, 0.2) is 36.7 Å². The Morgan fingerprint density at radius 2 is 2.05 bits per heavy atom. The molecule has 1 atom stereocenters. The van der Waals surface area contributed by atoms with E-state index in [0.29, 0.717) is 17.5 Å². The zero-order valence-electron chi connectivity index (χ0n) is 10.9. The van der Waals surface area contributed by atoms with Gasteiger partial charge in [0.1, 0.15) is 0 Å². The highest BCUT2D eigenvalue weighted by Crippen LogP contribution is 2.20. The maximum Gasteiger partial charge on any atom is 0.222 e. The lowest BCUT2D eigenvalue weighted by Gasteiger charge is -2.16. The van der Waals surface area contributed by atoms with Crippen LogP contribution in [0.1, 0.15) is 17.2 Å². The number of hydrogen-bond donors (Lipinski definition) is 1. The lowest BCUT2D eigenvalue weighted by atomic mass is 10.1. The van der Waals surface area contributed by atoms with E-state index in [1.54, 1.807) is 19.5 Å². The van der Waals surface area contributed by atoms with Crippen molar-refractivity contribution in [2.24, 2.45) is 0 Å². The van der Waals surface area contributed by atoms with Gasteiger partial charge < -0.3 is 10.1 Å². The summed E-state index contributed by atoms with van der Waals surface area (Å²) >= 11 is 5.98. The molecule has 0 amide bonds. The number of nitrogens with one attached hydrogen (secondary N) is 1. The molecule has 0 aliphatic heterocycles. The summed E-state index contributed by atoms with van der Waals surface area (Å²) in [6.45, 7) is 2.54. The molecular weight excluding hydrogens is 262 g/mol. The summed E-state index contributed by atoms with van der Waals surface area (Å²) in [5.74, 6) is 0.592. The first-order valence-electron chi connectivity index (χ1n) is 6.00. The molecule has 1 unspecified atom stereocenters. The standard InChI is InChI=1S/C14H16ClN3O/c1-10-7-16-14(17-8-10)18-9-13(19-2)11-4-3-5-12(15)6-11/h3-8,13H,9H2,1-2H3,(H,16,17,18). The Bertz CT molecular complexity index is 530. The zero-order chi connectivity index (χ0) is 13.7. The fourth-order valence-corrected chi connectivity index (χ4v) is 1.91. The number of hydrogen-bond acceptors (Lipinski definition) is 4. The van der Waals surface area contributed by atoms with E-state index in [0.717, 1.165) is 11.1 Å². The number of rotatable bonds is 5. The minimum atomic E-state index is -0.0939. The molecule has 0 aliphatic rings. The van der Waals surface area contributed by atoms with Gasteiger partial charge in [-0.3, -0.25) is 0 Å². The molecule has 2 aromatic rings. The molecular formula is C14H16ClN3O. The van der Waals surface area contributed by atoms with Crippen LogP contribution in [0.3, 0.4) is 0 Å². The molecule has 0 radical (unpaired) electrons. The molecule has 1 aromatic heterocycles. The summed E-state index contributed by atoms with van der Waals surface area (Å²) in [6, 6.07) is 7.63. The maximum absolute atomic E-state index is 5.98. The quantitative estimate of drug-likeness (QED) is 0.911. The number of halogens is 1. The van der Waals surface area contributed by atoms with Gasteiger partial charge >= 0.3 is 0 Å². The lowest BCUT2D eigenvalue weighted by Crippen LogP contribution is -2.15. The van der Waals surface area contributed by atoms with Gasteiger partial charge in [-0.15, -0.1) is 0 Å². The van der Waals surface area contributed by atoms with E-state index in [1.807, 2.05) is 31.2 Å². The maximum atomic E-state index is 5.98. The summed E-state index contributed by atoms with van der Waals surface area (Å²) in [5.41, 5.74) is 2.05. The summed E-state index contributed by atoms with van der Waals surface area (Å²) in [7, 11) is 1.67. The van der Waals surface area contributed by atoms with E-state index in [2.05, 4.69) is 15.3 Å². The third kappa shape index (κ3) is 3.91. The molecule has 0 saturated carbocycles. The first kappa shape index (κ1) is 13.8. The van der Waals surface area contributed by atoms with Crippen molar-refractivity contribution in [3.63, 3.8) is 0 Å². The van der Waals surface area contributed by atoms with Crippen molar-refractivity contribution in [2.75, 3.05) is 19.0 Å². The number of benzene rings is 1. The second-order valence-corrected chi connectivity index (χ2v) is 4.68. The van der Waals surface area contributed by atoms with Crippen molar-refractivity contribution >= 4 is 17.5 Å². The molecule has 5 heteroatoms. The molecule has 4 nitrogen and oxygen atoms in total. The average Bonchev–Trinajstić information content (AvgIpc) is 2.42. The van der Waals surface area contributed by atoms with E-state index in [1.165, 1.54) is 0 Å². The number of ether oxygens (including phenoxy) is 1. The van der Waals surface area contributed by atoms with Crippen LogP contribution >= 0.6 is 11.6 Å². The minimum Gasteiger partial charge on any atom is -0.375 e. The van der Waals surface area contributed by atoms with Gasteiger partial charge in [-0.05, 0) is 30.2 Å². The minimum absolute atomic E-state index is 0.0939. The predicted molar refractivity (Wildman–Crippen MR) is 76.5 cm³/mol. The van der Waals surface area contributed by atoms with Crippen molar-refractivity contribution in [1.82, 2.24) is 9.97 Å². The van der Waals surface area contributed by atoms with Crippen molar-refractivity contribution in [3.05, 3.63) is 52.8 Å². The van der Waals surface area contributed by atoms with Gasteiger partial charge in [0.2, 0.25) is 5.95 Å². The molecule has 0 bridgehead atoms. The Balaban J connectivity index is 2.01. The number of nitrogens with zero attached hydrogens (tertiary/aromatic N) is 2. The molecule has 2 rings (SSSR count). The topological polar surface area (TPSA) is 47.0 Å². The monoisotopic (exact) mass is 277 g/mol. The third-order valence-corrected chi connectivity index (χ3v) is 2.97. The van der Waals surface area contributed by atoms with Gasteiger partial charge in [0.15, 0.2) is 0 Å². The van der Waals surface area contributed by atoms with Crippen LogP contribution in [0.25, 0.3) is 0 Å². The normalized spacial score (nSPS) is 12.2. The second-order valence-electron chi connectivity index (χ2n) is 4.24. The van der Waals surface area contributed by atoms with Crippen LogP contribution in [-0.2, 0) is 4.74 Å². The summed E-state index contributed by atoms with van der Waals surface area (Å²) < 4.78 is 5.46. The Kier molecular flexibility index (Phi) is 4.71. The van der Waals surface area contributed by atoms with Gasteiger partial charge in [-0.1, -0.05) is 23.7 Å². The third-order valence-electron chi connectivity index (χ3n) is 2.73. The van der Waals surface area contributed by atoms with Crippen molar-refractivity contribution in [1.29, 1.82) is 0 Å². The van der Waals surface area contributed by atoms with Gasteiger partial charge in [0, 0.05) is 31.1 Å².